The highest BCUT2D eigenvalue weighted by atomic mass is 35.5. The van der Waals surface area contributed by atoms with E-state index in [0.717, 1.165) is 4.90 Å². The zero-order valence-electron chi connectivity index (χ0n) is 7.26. The van der Waals surface area contributed by atoms with Gasteiger partial charge in [0.1, 0.15) is 5.15 Å². The van der Waals surface area contributed by atoms with Crippen molar-refractivity contribution in [3.8, 4) is 0 Å². The molecule has 1 aromatic heterocycles. The van der Waals surface area contributed by atoms with Crippen LogP contribution in [0.4, 0.5) is 11.8 Å². The molecule has 13 heavy (non-hydrogen) atoms. The normalized spacial score (nSPS) is 9.85. The lowest BCUT2D eigenvalue weighted by Gasteiger charge is -2.08. The standard InChI is InChI=1S/C6H10ClN5S/c1-9-6-10-4(7)3(13-2)5(11-6)12-8/h8H2,1-2H3,(H2,9,10,11,12). The molecule has 0 aliphatic heterocycles. The van der Waals surface area contributed by atoms with E-state index in [9.17, 15) is 0 Å². The van der Waals surface area contributed by atoms with E-state index in [1.165, 1.54) is 11.8 Å². The Morgan fingerprint density at radius 3 is 2.62 bits per heavy atom. The molecule has 0 saturated heterocycles. The summed E-state index contributed by atoms with van der Waals surface area (Å²) in [4.78, 5) is 8.81. The van der Waals surface area contributed by atoms with Gasteiger partial charge in [0.15, 0.2) is 5.82 Å². The van der Waals surface area contributed by atoms with Crippen molar-refractivity contribution >= 4 is 35.1 Å². The van der Waals surface area contributed by atoms with Crippen LogP contribution < -0.4 is 16.6 Å². The van der Waals surface area contributed by atoms with Gasteiger partial charge in [-0.25, -0.2) is 5.84 Å². The average molecular weight is 220 g/mol. The van der Waals surface area contributed by atoms with Gasteiger partial charge < -0.3 is 10.7 Å². The van der Waals surface area contributed by atoms with E-state index in [0.29, 0.717) is 16.9 Å². The summed E-state index contributed by atoms with van der Waals surface area (Å²) in [5, 5.41) is 3.17. The molecule has 4 N–H and O–H groups in total. The fourth-order valence-electron chi connectivity index (χ4n) is 0.814. The van der Waals surface area contributed by atoms with Gasteiger partial charge in [-0.1, -0.05) is 11.6 Å². The Bertz CT molecular complexity index is 305. The number of anilines is 2. The second-order valence-corrected chi connectivity index (χ2v) is 3.29. The summed E-state index contributed by atoms with van der Waals surface area (Å²) >= 11 is 7.32. The largest absolute Gasteiger partial charge is 0.357 e. The third kappa shape index (κ3) is 2.15. The summed E-state index contributed by atoms with van der Waals surface area (Å²) in [5.41, 5.74) is 2.47. The minimum absolute atomic E-state index is 0.389. The number of thioether (sulfide) groups is 1. The van der Waals surface area contributed by atoms with Crippen LogP contribution in [0.2, 0.25) is 5.15 Å². The van der Waals surface area contributed by atoms with Crippen LogP contribution >= 0.6 is 23.4 Å². The third-order valence-electron chi connectivity index (χ3n) is 1.39. The average Bonchev–Trinajstić information content (AvgIpc) is 2.16. The van der Waals surface area contributed by atoms with Crippen LogP contribution in [0, 0.1) is 0 Å². The topological polar surface area (TPSA) is 75.9 Å². The van der Waals surface area contributed by atoms with E-state index in [4.69, 9.17) is 17.4 Å². The maximum Gasteiger partial charge on any atom is 0.225 e. The smallest absolute Gasteiger partial charge is 0.225 e. The van der Waals surface area contributed by atoms with Crippen molar-refractivity contribution in [3.05, 3.63) is 5.15 Å². The molecule has 1 aromatic rings. The molecule has 72 valence electrons. The second-order valence-electron chi connectivity index (χ2n) is 2.11. The fraction of sp³-hybridized carbons (Fsp3) is 0.333. The molecule has 1 rings (SSSR count). The lowest BCUT2D eigenvalue weighted by Crippen LogP contribution is -2.11. The molecule has 1 heterocycles. The first-order valence-corrected chi connectivity index (χ1v) is 5.09. The van der Waals surface area contributed by atoms with Crippen LogP contribution in [0.5, 0.6) is 0 Å². The fourth-order valence-corrected chi connectivity index (χ4v) is 1.73. The van der Waals surface area contributed by atoms with Gasteiger partial charge >= 0.3 is 0 Å². The molecule has 0 aliphatic carbocycles. The van der Waals surface area contributed by atoms with Crippen molar-refractivity contribution < 1.29 is 0 Å². The monoisotopic (exact) mass is 219 g/mol. The first-order chi connectivity index (χ1) is 6.22. The Morgan fingerprint density at radius 1 is 1.46 bits per heavy atom. The highest BCUT2D eigenvalue weighted by Gasteiger charge is 2.10. The molecular weight excluding hydrogens is 210 g/mol. The summed E-state index contributed by atoms with van der Waals surface area (Å²) in [6.45, 7) is 0. The molecule has 0 aromatic carbocycles. The van der Waals surface area contributed by atoms with Crippen LogP contribution in [0.3, 0.4) is 0 Å². The van der Waals surface area contributed by atoms with Gasteiger partial charge in [0.2, 0.25) is 5.95 Å². The number of rotatable bonds is 3. The molecule has 7 heteroatoms. The summed E-state index contributed by atoms with van der Waals surface area (Å²) in [5.74, 6) is 6.24. The van der Waals surface area contributed by atoms with Gasteiger partial charge in [0, 0.05) is 7.05 Å². The molecule has 0 unspecified atom stereocenters. The summed E-state index contributed by atoms with van der Waals surface area (Å²) < 4.78 is 0. The van der Waals surface area contributed by atoms with E-state index >= 15 is 0 Å². The third-order valence-corrected chi connectivity index (χ3v) is 2.57. The van der Waals surface area contributed by atoms with Gasteiger partial charge in [0.05, 0.1) is 4.90 Å². The molecule has 0 atom stereocenters. The van der Waals surface area contributed by atoms with Gasteiger partial charge in [-0.3, -0.25) is 0 Å². The minimum Gasteiger partial charge on any atom is -0.357 e. The zero-order valence-corrected chi connectivity index (χ0v) is 8.83. The molecule has 0 fully saturated rings. The van der Waals surface area contributed by atoms with Gasteiger partial charge in [-0.2, -0.15) is 9.97 Å². The van der Waals surface area contributed by atoms with Crippen LogP contribution in [0.15, 0.2) is 4.90 Å². The zero-order chi connectivity index (χ0) is 9.84. The summed E-state index contributed by atoms with van der Waals surface area (Å²) in [7, 11) is 1.71. The molecule has 5 nitrogen and oxygen atoms in total. The van der Waals surface area contributed by atoms with Crippen LogP contribution in [-0.2, 0) is 0 Å². The summed E-state index contributed by atoms with van der Waals surface area (Å²) in [6.07, 6.45) is 1.88. The number of nitrogens with one attached hydrogen (secondary N) is 2. The predicted molar refractivity (Wildman–Crippen MR) is 56.2 cm³/mol. The molecule has 0 amide bonds. The number of nitrogens with zero attached hydrogens (tertiary/aromatic N) is 2. The number of nitrogens with two attached hydrogens (primary N) is 1. The summed E-state index contributed by atoms with van der Waals surface area (Å²) in [6, 6.07) is 0. The first kappa shape index (κ1) is 10.4. The van der Waals surface area contributed by atoms with Crippen molar-refractivity contribution in [1.29, 1.82) is 0 Å². The minimum atomic E-state index is 0.389. The Morgan fingerprint density at radius 2 is 2.15 bits per heavy atom. The van der Waals surface area contributed by atoms with Crippen molar-refractivity contribution in [1.82, 2.24) is 9.97 Å². The Balaban J connectivity index is 3.20. The van der Waals surface area contributed by atoms with E-state index < -0.39 is 0 Å². The highest BCUT2D eigenvalue weighted by Crippen LogP contribution is 2.30. The number of hydrazine groups is 1. The number of halogens is 1. The first-order valence-electron chi connectivity index (χ1n) is 3.48. The number of hydrogen-bond acceptors (Lipinski definition) is 6. The predicted octanol–water partition coefficient (Wildman–Crippen LogP) is 1.18. The highest BCUT2D eigenvalue weighted by molar-refractivity contribution is 7.98. The Labute approximate surface area is 85.4 Å². The maximum absolute atomic E-state index is 5.88. The van der Waals surface area contributed by atoms with Crippen molar-refractivity contribution in [2.24, 2.45) is 5.84 Å². The molecule has 0 radical (unpaired) electrons. The van der Waals surface area contributed by atoms with Crippen molar-refractivity contribution in [2.45, 2.75) is 4.90 Å². The van der Waals surface area contributed by atoms with Crippen LogP contribution in [0.1, 0.15) is 0 Å². The maximum atomic E-state index is 5.88. The van der Waals surface area contributed by atoms with E-state index in [1.807, 2.05) is 6.26 Å². The van der Waals surface area contributed by atoms with Crippen molar-refractivity contribution in [2.75, 3.05) is 24.0 Å². The quantitative estimate of drug-likeness (QED) is 0.307. The van der Waals surface area contributed by atoms with Gasteiger partial charge in [-0.15, -0.1) is 11.8 Å². The van der Waals surface area contributed by atoms with Crippen molar-refractivity contribution in [3.63, 3.8) is 0 Å². The number of hydrogen-bond donors (Lipinski definition) is 3. The molecule has 0 bridgehead atoms. The Hall–Kier alpha value is -0.720. The second kappa shape index (κ2) is 4.50. The SMILES string of the molecule is CNc1nc(Cl)c(SC)c(NN)n1. The van der Waals surface area contributed by atoms with E-state index in [2.05, 4.69) is 20.7 Å². The van der Waals surface area contributed by atoms with E-state index in [-0.39, 0.29) is 0 Å². The van der Waals surface area contributed by atoms with Crippen LogP contribution in [-0.4, -0.2) is 23.3 Å². The lowest BCUT2D eigenvalue weighted by molar-refractivity contribution is 1.07. The Kier molecular flexibility index (Phi) is 3.58. The molecule has 0 spiro atoms. The number of nitrogen functional groups attached to an aromatic ring is 1. The number of aromatic nitrogens is 2. The lowest BCUT2D eigenvalue weighted by atomic mass is 10.6. The molecule has 0 saturated carbocycles. The van der Waals surface area contributed by atoms with E-state index in [1.54, 1.807) is 7.05 Å². The molecule has 0 aliphatic rings. The van der Waals surface area contributed by atoms with Gasteiger partial charge in [0.25, 0.3) is 0 Å². The van der Waals surface area contributed by atoms with Gasteiger partial charge in [-0.05, 0) is 6.26 Å². The van der Waals surface area contributed by atoms with Crippen LogP contribution in [0.25, 0.3) is 0 Å². The molecular formula is C6H10ClN5S.